The fourth-order valence-corrected chi connectivity index (χ4v) is 6.15. The van der Waals surface area contributed by atoms with E-state index in [1.165, 1.54) is 0 Å². The van der Waals surface area contributed by atoms with E-state index in [1.807, 2.05) is 24.3 Å². The molecule has 0 aliphatic heterocycles. The van der Waals surface area contributed by atoms with E-state index in [4.69, 9.17) is 42.3 Å². The number of fused-ring (bicyclic) bond motifs is 2. The van der Waals surface area contributed by atoms with Gasteiger partial charge in [0.25, 0.3) is 11.8 Å². The normalized spacial score (nSPS) is 12.0. The summed E-state index contributed by atoms with van der Waals surface area (Å²) < 4.78 is 16.9. The van der Waals surface area contributed by atoms with E-state index in [2.05, 4.69) is 20.6 Å². The first-order valence-electron chi connectivity index (χ1n) is 20.2. The number of carboxylic acids is 1. The van der Waals surface area contributed by atoms with Crippen LogP contribution in [0.1, 0.15) is 78.6 Å². The van der Waals surface area contributed by atoms with Gasteiger partial charge >= 0.3 is 11.9 Å². The number of aliphatic carboxylic acids is 1. The second-order valence-electron chi connectivity index (χ2n) is 15.8. The van der Waals surface area contributed by atoms with Crippen molar-refractivity contribution in [3.05, 3.63) is 120 Å². The average molecular weight is 877 g/mol. The Morgan fingerprint density at radius 1 is 0.625 bits per heavy atom. The second-order valence-corrected chi connectivity index (χ2v) is 15.8. The number of carboxylic acid groups (broad SMARTS) is 1. The Kier molecular flexibility index (Phi) is 15.8. The molecule has 0 unspecified atom stereocenters. The number of aromatic amines is 2. The number of nitrogens with two attached hydrogens (primary N) is 4. The summed E-state index contributed by atoms with van der Waals surface area (Å²) in [5, 5.41) is 15.8. The summed E-state index contributed by atoms with van der Waals surface area (Å²) in [7, 11) is 0. The molecule has 0 fully saturated rings. The SMILES string of the molecule is CC(C)(C)OC(=O)CC[C@H](N)C(=O)Nc1cccc(COc2ccc3[nH]c(C(N)=O)cc3c2)c1.NC(=O)c1cc2cc(OCc3cccc(NC(=O)[C@@H](N)CCC(=O)O)c3)ccc2[nH]1. The summed E-state index contributed by atoms with van der Waals surface area (Å²) in [6.07, 6.45) is 0.132. The van der Waals surface area contributed by atoms with Crippen molar-refractivity contribution in [1.82, 2.24) is 9.97 Å². The van der Waals surface area contributed by atoms with E-state index in [1.54, 1.807) is 93.6 Å². The maximum Gasteiger partial charge on any atom is 0.306 e. The van der Waals surface area contributed by atoms with Gasteiger partial charge in [-0.1, -0.05) is 24.3 Å². The van der Waals surface area contributed by atoms with Gasteiger partial charge in [0, 0.05) is 46.0 Å². The van der Waals surface area contributed by atoms with Crippen molar-refractivity contribution >= 4 is 68.7 Å². The van der Waals surface area contributed by atoms with Crippen molar-refractivity contribution < 1.29 is 48.1 Å². The Morgan fingerprint density at radius 3 is 1.47 bits per heavy atom. The Bertz CT molecular complexity index is 2650. The number of primary amides is 2. The van der Waals surface area contributed by atoms with Crippen molar-refractivity contribution in [3.8, 4) is 11.5 Å². The van der Waals surface area contributed by atoms with Gasteiger partial charge in [-0.2, -0.15) is 0 Å². The number of hydrogen-bond acceptors (Lipinski definition) is 11. The van der Waals surface area contributed by atoms with Crippen molar-refractivity contribution in [2.24, 2.45) is 22.9 Å². The summed E-state index contributed by atoms with van der Waals surface area (Å²) in [4.78, 5) is 75.4. The molecular formula is C46H52N8O10. The molecule has 18 nitrogen and oxygen atoms in total. The number of amides is 4. The highest BCUT2D eigenvalue weighted by atomic mass is 16.6. The second kappa shape index (κ2) is 21.4. The number of benzene rings is 4. The summed E-state index contributed by atoms with van der Waals surface area (Å²) in [6.45, 7) is 5.88. The van der Waals surface area contributed by atoms with Crippen LogP contribution in [0.15, 0.2) is 97.1 Å². The van der Waals surface area contributed by atoms with Crippen LogP contribution in [0.25, 0.3) is 21.8 Å². The lowest BCUT2D eigenvalue weighted by Gasteiger charge is -2.20. The van der Waals surface area contributed by atoms with E-state index < -0.39 is 47.3 Å². The Balaban J connectivity index is 0.000000243. The van der Waals surface area contributed by atoms with E-state index in [0.717, 1.165) is 32.9 Å². The van der Waals surface area contributed by atoms with E-state index in [-0.39, 0.29) is 44.8 Å². The molecule has 13 N–H and O–H groups in total. The minimum absolute atomic E-state index is 0.0586. The van der Waals surface area contributed by atoms with Gasteiger partial charge in [0.15, 0.2) is 0 Å². The third-order valence-electron chi connectivity index (χ3n) is 9.34. The van der Waals surface area contributed by atoms with Crippen LogP contribution in [0.3, 0.4) is 0 Å². The largest absolute Gasteiger partial charge is 0.489 e. The highest BCUT2D eigenvalue weighted by molar-refractivity contribution is 5.98. The molecule has 2 atom stereocenters. The Morgan fingerprint density at radius 2 is 1.06 bits per heavy atom. The number of aromatic nitrogens is 2. The Labute approximate surface area is 368 Å². The molecular weight excluding hydrogens is 825 g/mol. The summed E-state index contributed by atoms with van der Waals surface area (Å²) >= 11 is 0. The molecule has 2 heterocycles. The summed E-state index contributed by atoms with van der Waals surface area (Å²) in [6, 6.07) is 26.7. The van der Waals surface area contributed by atoms with Gasteiger partial charge < -0.3 is 62.9 Å². The lowest BCUT2D eigenvalue weighted by Crippen LogP contribution is -2.36. The highest BCUT2D eigenvalue weighted by Crippen LogP contribution is 2.25. The Hall–Kier alpha value is -7.70. The molecule has 64 heavy (non-hydrogen) atoms. The van der Waals surface area contributed by atoms with Crippen LogP contribution in [-0.2, 0) is 37.1 Å². The number of H-pyrrole nitrogens is 2. The third-order valence-corrected chi connectivity index (χ3v) is 9.34. The average Bonchev–Trinajstić information content (AvgIpc) is 3.88. The van der Waals surface area contributed by atoms with Crippen LogP contribution < -0.4 is 43.0 Å². The number of hydrogen-bond donors (Lipinski definition) is 9. The standard InChI is InChI=1S/C25H30N4O5.C21H22N4O5/c1-25(2,3)34-22(30)10-8-19(26)24(32)28-17-6-4-5-15(11-17)14-33-18-7-9-20-16(12-18)13-21(29-20)23(27)31;22-16(5-7-19(26)27)21(29)24-14-3-1-2-12(8-14)11-30-15-4-6-17-13(9-15)10-18(25-17)20(23)28/h4-7,9,11-13,19,29H,8,10,14,26H2,1-3H3,(H2,27,31)(H,28,32);1-4,6,8-10,16,25H,5,7,11,22H2,(H2,23,28)(H,24,29)(H,26,27)/t19-;16-/m00/s1. The summed E-state index contributed by atoms with van der Waals surface area (Å²) in [5.74, 6) is -2.04. The smallest absolute Gasteiger partial charge is 0.306 e. The number of carbonyl (C=O) groups excluding carboxylic acids is 5. The first-order chi connectivity index (χ1) is 30.3. The zero-order chi connectivity index (χ0) is 46.6. The maximum absolute atomic E-state index is 12.4. The molecule has 6 aromatic rings. The maximum atomic E-state index is 12.4. The third kappa shape index (κ3) is 14.5. The van der Waals surface area contributed by atoms with Crippen LogP contribution in [-0.4, -0.2) is 68.3 Å². The van der Waals surface area contributed by atoms with Crippen LogP contribution in [0, 0.1) is 0 Å². The lowest BCUT2D eigenvalue weighted by molar-refractivity contribution is -0.155. The summed E-state index contributed by atoms with van der Waals surface area (Å²) in [5.41, 5.74) is 26.7. The van der Waals surface area contributed by atoms with Crippen molar-refractivity contribution in [3.63, 3.8) is 0 Å². The topological polar surface area (TPSA) is 310 Å². The van der Waals surface area contributed by atoms with Crippen LogP contribution in [0.2, 0.25) is 0 Å². The minimum atomic E-state index is -0.999. The molecule has 0 radical (unpaired) electrons. The number of esters is 1. The molecule has 4 amide bonds. The van der Waals surface area contributed by atoms with Gasteiger partial charge in [-0.05, 0) is 118 Å². The van der Waals surface area contributed by atoms with E-state index >= 15 is 0 Å². The molecule has 2 aromatic heterocycles. The van der Waals surface area contributed by atoms with Gasteiger partial charge in [0.05, 0.1) is 12.1 Å². The molecule has 0 saturated carbocycles. The number of ether oxygens (including phenoxy) is 3. The molecule has 336 valence electrons. The van der Waals surface area contributed by atoms with Crippen LogP contribution in [0.5, 0.6) is 11.5 Å². The van der Waals surface area contributed by atoms with Gasteiger partial charge in [-0.15, -0.1) is 0 Å². The van der Waals surface area contributed by atoms with Gasteiger partial charge in [-0.3, -0.25) is 28.8 Å². The van der Waals surface area contributed by atoms with Gasteiger partial charge in [0.1, 0.15) is 41.7 Å². The van der Waals surface area contributed by atoms with Crippen LogP contribution >= 0.6 is 0 Å². The lowest BCUT2D eigenvalue weighted by atomic mass is 10.1. The molecule has 4 aromatic carbocycles. The molecule has 18 heteroatoms. The zero-order valence-electron chi connectivity index (χ0n) is 35.6. The van der Waals surface area contributed by atoms with Crippen molar-refractivity contribution in [2.75, 3.05) is 10.6 Å². The quantitative estimate of drug-likeness (QED) is 0.0503. The van der Waals surface area contributed by atoms with E-state index in [9.17, 15) is 28.8 Å². The molecule has 6 rings (SSSR count). The van der Waals surface area contributed by atoms with Crippen molar-refractivity contribution in [2.45, 2.75) is 77.4 Å². The monoisotopic (exact) mass is 876 g/mol. The molecule has 0 saturated heterocycles. The fraction of sp³-hybridized carbons (Fsp3) is 0.261. The predicted molar refractivity (Wildman–Crippen MR) is 240 cm³/mol. The zero-order valence-corrected chi connectivity index (χ0v) is 35.6. The number of carbonyl (C=O) groups is 6. The van der Waals surface area contributed by atoms with Crippen LogP contribution in [0.4, 0.5) is 11.4 Å². The molecule has 0 aliphatic carbocycles. The molecule has 0 spiro atoms. The number of anilines is 2. The minimum Gasteiger partial charge on any atom is -0.489 e. The first-order valence-corrected chi connectivity index (χ1v) is 20.2. The van der Waals surface area contributed by atoms with Gasteiger partial charge in [0.2, 0.25) is 11.8 Å². The molecule has 0 aliphatic rings. The fourth-order valence-electron chi connectivity index (χ4n) is 6.15. The number of nitrogens with one attached hydrogen (secondary N) is 4. The van der Waals surface area contributed by atoms with Gasteiger partial charge in [-0.25, -0.2) is 0 Å². The predicted octanol–water partition coefficient (Wildman–Crippen LogP) is 5.21. The first kappa shape index (κ1) is 47.4. The molecule has 0 bridgehead atoms. The van der Waals surface area contributed by atoms with Crippen molar-refractivity contribution in [1.29, 1.82) is 0 Å². The highest BCUT2D eigenvalue weighted by Gasteiger charge is 2.20. The number of rotatable bonds is 18. The van der Waals surface area contributed by atoms with E-state index in [0.29, 0.717) is 34.3 Å².